The van der Waals surface area contributed by atoms with E-state index in [4.69, 9.17) is 5.11 Å². The van der Waals surface area contributed by atoms with Gasteiger partial charge in [0.1, 0.15) is 0 Å². The van der Waals surface area contributed by atoms with E-state index in [0.717, 1.165) is 13.8 Å². The van der Waals surface area contributed by atoms with Crippen molar-refractivity contribution in [3.05, 3.63) is 0 Å². The Morgan fingerprint density at radius 3 is 1.70 bits per heavy atom. The van der Waals surface area contributed by atoms with E-state index in [0.29, 0.717) is 0 Å². The molecule has 0 saturated carbocycles. The number of nitrogens with one attached hydrogen (secondary N) is 2. The first-order valence-electron chi connectivity index (χ1n) is 6.81. The number of rotatable bonds is 9. The summed E-state index contributed by atoms with van der Waals surface area (Å²) in [6.45, 7) is 3.49. The van der Waals surface area contributed by atoms with Gasteiger partial charge in [0.25, 0.3) is 0 Å². The van der Waals surface area contributed by atoms with Gasteiger partial charge in [0.15, 0.2) is 0 Å². The molecule has 0 aliphatic rings. The number of hydrogen-bond acceptors (Lipinski definition) is 7. The number of carboxylic acids is 1. The summed E-state index contributed by atoms with van der Waals surface area (Å²) in [6, 6.07) is -2.72. The minimum Gasteiger partial charge on any atom is -0.475 e. The fourth-order valence-corrected chi connectivity index (χ4v) is 2.00. The Morgan fingerprint density at radius 2 is 1.35 bits per heavy atom. The van der Waals surface area contributed by atoms with Crippen molar-refractivity contribution in [2.45, 2.75) is 57.6 Å². The standard InChI is InChI=1S/C13H22N2O8/c1-5(16)10(14-6(2)17)12(21)11(15-7(3)18)8(19)4-9(20)13(22)23/h5,8,10-12,16,19,21H,4H2,1-3H3,(H,14,17)(H,15,18)(H,22,23). The molecule has 10 heteroatoms. The van der Waals surface area contributed by atoms with Gasteiger partial charge in [-0.3, -0.25) is 14.4 Å². The highest BCUT2D eigenvalue weighted by molar-refractivity contribution is 6.32. The molecule has 0 rings (SSSR count). The van der Waals surface area contributed by atoms with Crippen LogP contribution < -0.4 is 10.6 Å². The molecule has 2 amide bonds. The van der Waals surface area contributed by atoms with Gasteiger partial charge >= 0.3 is 5.97 Å². The number of carboxylic acid groups (broad SMARTS) is 1. The van der Waals surface area contributed by atoms with Crippen LogP contribution in [-0.2, 0) is 19.2 Å². The summed E-state index contributed by atoms with van der Waals surface area (Å²) in [5.74, 6) is -4.32. The van der Waals surface area contributed by atoms with Crippen LogP contribution in [0.4, 0.5) is 0 Å². The molecule has 0 aromatic rings. The summed E-state index contributed by atoms with van der Waals surface area (Å²) in [5, 5.41) is 42.8. The van der Waals surface area contributed by atoms with Crippen LogP contribution in [0, 0.1) is 0 Å². The molecule has 5 atom stereocenters. The van der Waals surface area contributed by atoms with E-state index in [-0.39, 0.29) is 0 Å². The zero-order valence-corrected chi connectivity index (χ0v) is 13.0. The van der Waals surface area contributed by atoms with E-state index in [1.165, 1.54) is 6.92 Å². The third kappa shape index (κ3) is 7.17. The van der Waals surface area contributed by atoms with E-state index in [1.807, 2.05) is 0 Å². The highest BCUT2D eigenvalue weighted by Crippen LogP contribution is 2.12. The first-order chi connectivity index (χ1) is 10.5. The van der Waals surface area contributed by atoms with Crippen molar-refractivity contribution in [1.82, 2.24) is 10.6 Å². The summed E-state index contributed by atoms with van der Waals surface area (Å²) < 4.78 is 0. The van der Waals surface area contributed by atoms with Crippen molar-refractivity contribution >= 4 is 23.6 Å². The Labute approximate surface area is 132 Å². The molecule has 0 aromatic heterocycles. The van der Waals surface area contributed by atoms with Gasteiger partial charge in [-0.1, -0.05) is 0 Å². The zero-order chi connectivity index (χ0) is 18.3. The third-order valence-corrected chi connectivity index (χ3v) is 3.04. The number of aliphatic carboxylic acids is 1. The summed E-state index contributed by atoms with van der Waals surface area (Å²) in [5.41, 5.74) is 0. The smallest absolute Gasteiger partial charge is 0.372 e. The van der Waals surface area contributed by atoms with Gasteiger partial charge in [0.2, 0.25) is 17.6 Å². The second-order valence-corrected chi connectivity index (χ2v) is 5.18. The van der Waals surface area contributed by atoms with Crippen LogP contribution in [0.5, 0.6) is 0 Å². The highest BCUT2D eigenvalue weighted by atomic mass is 16.4. The van der Waals surface area contributed by atoms with Gasteiger partial charge in [-0.15, -0.1) is 0 Å². The Morgan fingerprint density at radius 1 is 0.913 bits per heavy atom. The van der Waals surface area contributed by atoms with E-state index >= 15 is 0 Å². The molecule has 0 bridgehead atoms. The highest BCUT2D eigenvalue weighted by Gasteiger charge is 2.37. The topological polar surface area (TPSA) is 173 Å². The maximum absolute atomic E-state index is 11.2. The van der Waals surface area contributed by atoms with Crippen LogP contribution in [0.3, 0.4) is 0 Å². The zero-order valence-electron chi connectivity index (χ0n) is 13.0. The monoisotopic (exact) mass is 334 g/mol. The molecule has 0 saturated heterocycles. The Bertz CT molecular complexity index is 465. The maximum Gasteiger partial charge on any atom is 0.372 e. The average molecular weight is 334 g/mol. The molecule has 0 heterocycles. The van der Waals surface area contributed by atoms with Crippen molar-refractivity contribution in [3.63, 3.8) is 0 Å². The molecule has 0 aromatic carbocycles. The minimum atomic E-state index is -1.77. The van der Waals surface area contributed by atoms with Crippen molar-refractivity contribution in [1.29, 1.82) is 0 Å². The van der Waals surface area contributed by atoms with Crippen molar-refractivity contribution in [3.8, 4) is 0 Å². The van der Waals surface area contributed by atoms with Crippen molar-refractivity contribution in [2.24, 2.45) is 0 Å². The van der Waals surface area contributed by atoms with E-state index in [1.54, 1.807) is 0 Å². The van der Waals surface area contributed by atoms with E-state index < -0.39 is 60.4 Å². The van der Waals surface area contributed by atoms with Gasteiger partial charge in [-0.05, 0) is 6.92 Å². The number of aliphatic hydroxyl groups is 3. The average Bonchev–Trinajstić information content (AvgIpc) is 2.40. The lowest BCUT2D eigenvalue weighted by molar-refractivity contribution is -0.150. The summed E-state index contributed by atoms with van der Waals surface area (Å²) in [6.07, 6.45) is -5.50. The Kier molecular flexibility index (Phi) is 8.36. The SMILES string of the molecule is CC(=O)NC(C(C)O)C(O)C(NC(C)=O)C(O)CC(=O)C(=O)O. The third-order valence-electron chi connectivity index (χ3n) is 3.04. The van der Waals surface area contributed by atoms with Crippen LogP contribution in [0.2, 0.25) is 0 Å². The molecule has 23 heavy (non-hydrogen) atoms. The number of amides is 2. The van der Waals surface area contributed by atoms with Crippen LogP contribution in [0.25, 0.3) is 0 Å². The first-order valence-corrected chi connectivity index (χ1v) is 6.81. The van der Waals surface area contributed by atoms with Crippen LogP contribution >= 0.6 is 0 Å². The summed E-state index contributed by atoms with van der Waals surface area (Å²) in [7, 11) is 0. The van der Waals surface area contributed by atoms with Crippen LogP contribution in [-0.4, -0.2) is 74.4 Å². The fraction of sp³-hybridized carbons (Fsp3) is 0.692. The largest absolute Gasteiger partial charge is 0.475 e. The molecular formula is C13H22N2O8. The number of hydrogen-bond donors (Lipinski definition) is 6. The number of aliphatic hydroxyl groups excluding tert-OH is 3. The van der Waals surface area contributed by atoms with Crippen molar-refractivity contribution in [2.75, 3.05) is 0 Å². The molecule has 0 radical (unpaired) electrons. The molecule has 6 N–H and O–H groups in total. The quantitative estimate of drug-likeness (QED) is 0.244. The van der Waals surface area contributed by atoms with Crippen molar-refractivity contribution < 1.29 is 39.6 Å². The molecule has 10 nitrogen and oxygen atoms in total. The van der Waals surface area contributed by atoms with Gasteiger partial charge in [0, 0.05) is 20.3 Å². The molecule has 132 valence electrons. The number of carbonyl (C=O) groups excluding carboxylic acids is 3. The van der Waals surface area contributed by atoms with Gasteiger partial charge in [-0.25, -0.2) is 4.79 Å². The molecule has 0 spiro atoms. The predicted octanol–water partition coefficient (Wildman–Crippen LogP) is -2.86. The molecule has 5 unspecified atom stereocenters. The lowest BCUT2D eigenvalue weighted by Crippen LogP contribution is -2.61. The van der Waals surface area contributed by atoms with Gasteiger partial charge < -0.3 is 31.1 Å². The normalized spacial score (nSPS) is 17.3. The second kappa shape index (κ2) is 9.18. The number of carbonyl (C=O) groups is 4. The Hall–Kier alpha value is -2.04. The molecule has 0 fully saturated rings. The molecule has 0 aliphatic heterocycles. The summed E-state index contributed by atoms with van der Waals surface area (Å²) in [4.78, 5) is 44.0. The second-order valence-electron chi connectivity index (χ2n) is 5.18. The summed E-state index contributed by atoms with van der Waals surface area (Å²) >= 11 is 0. The van der Waals surface area contributed by atoms with Gasteiger partial charge in [0.05, 0.1) is 30.4 Å². The van der Waals surface area contributed by atoms with Gasteiger partial charge in [-0.2, -0.15) is 0 Å². The van der Waals surface area contributed by atoms with E-state index in [2.05, 4.69) is 10.6 Å². The van der Waals surface area contributed by atoms with E-state index in [9.17, 15) is 34.5 Å². The minimum absolute atomic E-state index is 0.576. The Balaban J connectivity index is 5.32. The van der Waals surface area contributed by atoms with Crippen LogP contribution in [0.15, 0.2) is 0 Å². The molecular weight excluding hydrogens is 312 g/mol. The predicted molar refractivity (Wildman–Crippen MR) is 76.2 cm³/mol. The lowest BCUT2D eigenvalue weighted by atomic mass is 9.92. The van der Waals surface area contributed by atoms with Crippen LogP contribution in [0.1, 0.15) is 27.2 Å². The fourth-order valence-electron chi connectivity index (χ4n) is 2.00. The first kappa shape index (κ1) is 21.0. The molecule has 0 aliphatic carbocycles. The number of Topliss-reactive ketones (excluding diaryl/α,β-unsaturated/α-hetero) is 1. The maximum atomic E-state index is 11.2. The lowest BCUT2D eigenvalue weighted by Gasteiger charge is -2.34. The number of ketones is 1.